The third-order valence-corrected chi connectivity index (χ3v) is 4.06. The van der Waals surface area contributed by atoms with Gasteiger partial charge in [0.2, 0.25) is 0 Å². The fourth-order valence-corrected chi connectivity index (χ4v) is 2.18. The first-order valence-corrected chi connectivity index (χ1v) is 7.09. The molecule has 2 rings (SSSR count). The third-order valence-electron chi connectivity index (χ3n) is 4.06. The zero-order valence-electron chi connectivity index (χ0n) is 13.6. The molecule has 0 aliphatic rings. The highest BCUT2D eigenvalue weighted by molar-refractivity contribution is 5.99. The molecule has 4 nitrogen and oxygen atoms in total. The van der Waals surface area contributed by atoms with Gasteiger partial charge in [0.1, 0.15) is 5.58 Å². The van der Waals surface area contributed by atoms with Crippen LogP contribution in [0.4, 0.5) is 0 Å². The van der Waals surface area contributed by atoms with Crippen LogP contribution < -0.4 is 5.32 Å². The highest BCUT2D eigenvalue weighted by Gasteiger charge is 2.22. The molecule has 21 heavy (non-hydrogen) atoms. The average Bonchev–Trinajstić information content (AvgIpc) is 2.78. The second kappa shape index (κ2) is 5.53. The minimum atomic E-state index is -0.401. The van der Waals surface area contributed by atoms with E-state index in [0.29, 0.717) is 12.3 Å². The van der Waals surface area contributed by atoms with Crippen LogP contribution in [0.25, 0.3) is 11.0 Å². The number of carbonyl (C=O) groups excluding carboxylic acids is 1. The second-order valence-corrected chi connectivity index (χ2v) is 6.09. The van der Waals surface area contributed by atoms with Crippen LogP contribution in [0.2, 0.25) is 0 Å². The normalized spacial score (nSPS) is 11.9. The predicted octanol–water partition coefficient (Wildman–Crippen LogP) is 3.51. The molecule has 0 saturated carbocycles. The zero-order chi connectivity index (χ0) is 15.8. The zero-order valence-corrected chi connectivity index (χ0v) is 13.6. The van der Waals surface area contributed by atoms with E-state index in [1.54, 1.807) is 7.11 Å². The minimum absolute atomic E-state index is 0.203. The van der Waals surface area contributed by atoms with Gasteiger partial charge in [0.05, 0.1) is 5.60 Å². The maximum atomic E-state index is 12.3. The Kier molecular flexibility index (Phi) is 4.10. The van der Waals surface area contributed by atoms with Gasteiger partial charge in [0, 0.05) is 24.6 Å². The summed E-state index contributed by atoms with van der Waals surface area (Å²) in [6, 6.07) is 4.06. The van der Waals surface area contributed by atoms with Crippen molar-refractivity contribution in [2.45, 2.75) is 40.2 Å². The number of nitrogens with one attached hydrogen (secondary N) is 1. The molecular formula is C17H23NO3. The summed E-state index contributed by atoms with van der Waals surface area (Å²) >= 11 is 0. The average molecular weight is 289 g/mol. The summed E-state index contributed by atoms with van der Waals surface area (Å²) in [7, 11) is 1.63. The number of rotatable bonds is 4. The molecule has 0 bridgehead atoms. The van der Waals surface area contributed by atoms with E-state index in [0.717, 1.165) is 27.7 Å². The molecule has 114 valence electrons. The monoisotopic (exact) mass is 289 g/mol. The number of hydrogen-bond donors (Lipinski definition) is 1. The highest BCUT2D eigenvalue weighted by Crippen LogP contribution is 2.29. The number of amides is 1. The van der Waals surface area contributed by atoms with Crippen molar-refractivity contribution < 1.29 is 13.9 Å². The van der Waals surface area contributed by atoms with E-state index >= 15 is 0 Å². The molecule has 0 unspecified atom stereocenters. The number of aryl methyl sites for hydroxylation is 3. The Balaban J connectivity index is 2.32. The van der Waals surface area contributed by atoms with E-state index in [-0.39, 0.29) is 5.91 Å². The van der Waals surface area contributed by atoms with Crippen molar-refractivity contribution in [2.24, 2.45) is 0 Å². The SMILES string of the molecule is COC(C)(C)CNC(=O)c1oc2c(C)c(C)ccc2c1C. The molecule has 1 N–H and O–H groups in total. The van der Waals surface area contributed by atoms with Gasteiger partial charge < -0.3 is 14.5 Å². The quantitative estimate of drug-likeness (QED) is 0.937. The maximum Gasteiger partial charge on any atom is 0.287 e. The Bertz CT molecular complexity index is 683. The topological polar surface area (TPSA) is 51.5 Å². The predicted molar refractivity (Wildman–Crippen MR) is 83.8 cm³/mol. The first-order valence-electron chi connectivity index (χ1n) is 7.09. The number of ether oxygens (including phenoxy) is 1. The summed E-state index contributed by atoms with van der Waals surface area (Å²) in [5, 5.41) is 3.86. The van der Waals surface area contributed by atoms with Crippen LogP contribution in [0.3, 0.4) is 0 Å². The van der Waals surface area contributed by atoms with Crippen LogP contribution >= 0.6 is 0 Å². The lowest BCUT2D eigenvalue weighted by Crippen LogP contribution is -2.39. The van der Waals surface area contributed by atoms with Crippen molar-refractivity contribution in [3.63, 3.8) is 0 Å². The van der Waals surface area contributed by atoms with Crippen molar-refractivity contribution in [1.29, 1.82) is 0 Å². The first kappa shape index (κ1) is 15.6. The van der Waals surface area contributed by atoms with Gasteiger partial charge in [-0.1, -0.05) is 12.1 Å². The van der Waals surface area contributed by atoms with Gasteiger partial charge in [-0.2, -0.15) is 0 Å². The molecule has 1 heterocycles. The van der Waals surface area contributed by atoms with E-state index < -0.39 is 5.60 Å². The molecule has 1 aromatic heterocycles. The largest absolute Gasteiger partial charge is 0.450 e. The smallest absolute Gasteiger partial charge is 0.287 e. The van der Waals surface area contributed by atoms with Crippen LogP contribution in [-0.2, 0) is 4.74 Å². The van der Waals surface area contributed by atoms with E-state index in [1.807, 2.05) is 40.7 Å². The van der Waals surface area contributed by atoms with Crippen molar-refractivity contribution in [3.05, 3.63) is 34.6 Å². The number of methoxy groups -OCH3 is 1. The van der Waals surface area contributed by atoms with Crippen LogP contribution in [0.1, 0.15) is 41.1 Å². The Morgan fingerprint density at radius 2 is 1.90 bits per heavy atom. The van der Waals surface area contributed by atoms with Gasteiger partial charge in [-0.15, -0.1) is 0 Å². The standard InChI is InChI=1S/C17H23NO3/c1-10-7-8-13-12(3)15(21-14(13)11(10)2)16(19)18-9-17(4,5)20-6/h7-8H,9H2,1-6H3,(H,18,19). The molecule has 1 aromatic carbocycles. The Hall–Kier alpha value is -1.81. The lowest BCUT2D eigenvalue weighted by Gasteiger charge is -2.22. The molecule has 0 aliphatic carbocycles. The van der Waals surface area contributed by atoms with Crippen molar-refractivity contribution in [2.75, 3.05) is 13.7 Å². The van der Waals surface area contributed by atoms with Crippen molar-refractivity contribution in [3.8, 4) is 0 Å². The molecule has 1 amide bonds. The molecule has 0 radical (unpaired) electrons. The molecule has 0 saturated heterocycles. The number of hydrogen-bond acceptors (Lipinski definition) is 3. The summed E-state index contributed by atoms with van der Waals surface area (Å²) in [6.07, 6.45) is 0. The molecule has 0 spiro atoms. The van der Waals surface area contributed by atoms with E-state index in [9.17, 15) is 4.79 Å². The lowest BCUT2D eigenvalue weighted by molar-refractivity contribution is 0.0226. The van der Waals surface area contributed by atoms with E-state index in [1.165, 1.54) is 0 Å². The van der Waals surface area contributed by atoms with E-state index in [4.69, 9.17) is 9.15 Å². The van der Waals surface area contributed by atoms with Gasteiger partial charge in [-0.25, -0.2) is 0 Å². The summed E-state index contributed by atoms with van der Waals surface area (Å²) in [4.78, 5) is 12.3. The maximum absolute atomic E-state index is 12.3. The van der Waals surface area contributed by atoms with Gasteiger partial charge >= 0.3 is 0 Å². The Morgan fingerprint density at radius 1 is 1.24 bits per heavy atom. The molecule has 0 fully saturated rings. The summed E-state index contributed by atoms with van der Waals surface area (Å²) in [5.74, 6) is 0.177. The number of furan rings is 1. The van der Waals surface area contributed by atoms with Crippen LogP contribution in [-0.4, -0.2) is 25.2 Å². The van der Waals surface area contributed by atoms with E-state index in [2.05, 4.69) is 11.4 Å². The van der Waals surface area contributed by atoms with Gasteiger partial charge in [-0.05, 0) is 45.7 Å². The fourth-order valence-electron chi connectivity index (χ4n) is 2.18. The third kappa shape index (κ3) is 2.95. The first-order chi connectivity index (χ1) is 9.76. The Morgan fingerprint density at radius 3 is 2.52 bits per heavy atom. The molecule has 4 heteroatoms. The van der Waals surface area contributed by atoms with Crippen molar-refractivity contribution in [1.82, 2.24) is 5.32 Å². The molecular weight excluding hydrogens is 266 g/mol. The van der Waals surface area contributed by atoms with Crippen LogP contribution in [0.5, 0.6) is 0 Å². The summed E-state index contributed by atoms with van der Waals surface area (Å²) < 4.78 is 11.1. The Labute approximate surface area is 125 Å². The van der Waals surface area contributed by atoms with Crippen molar-refractivity contribution >= 4 is 16.9 Å². The van der Waals surface area contributed by atoms with Gasteiger partial charge in [0.15, 0.2) is 5.76 Å². The molecule has 2 aromatic rings. The molecule has 0 atom stereocenters. The minimum Gasteiger partial charge on any atom is -0.450 e. The fraction of sp³-hybridized carbons (Fsp3) is 0.471. The summed E-state index contributed by atoms with van der Waals surface area (Å²) in [6.45, 7) is 10.2. The van der Waals surface area contributed by atoms with Gasteiger partial charge in [0.25, 0.3) is 5.91 Å². The number of fused-ring (bicyclic) bond motifs is 1. The number of benzene rings is 1. The highest BCUT2D eigenvalue weighted by atomic mass is 16.5. The second-order valence-electron chi connectivity index (χ2n) is 6.09. The number of carbonyl (C=O) groups is 1. The van der Waals surface area contributed by atoms with Gasteiger partial charge in [-0.3, -0.25) is 4.79 Å². The summed E-state index contributed by atoms with van der Waals surface area (Å²) in [5.41, 5.74) is 3.50. The lowest BCUT2D eigenvalue weighted by atomic mass is 10.0. The van der Waals surface area contributed by atoms with Crippen LogP contribution in [0.15, 0.2) is 16.5 Å². The molecule has 0 aliphatic heterocycles. The van der Waals surface area contributed by atoms with Crippen LogP contribution in [0, 0.1) is 20.8 Å².